The standard InChI is InChI=1S/C22H23N3O/c23-14-15-24-22(26)20-10-12-21(13-11-20)25-16-17-6-8-19(9-7-17)18-4-2-1-3-5-18/h1-13,25H,14-16,23H2,(H,24,26). The Hall–Kier alpha value is -3.11. The zero-order valence-corrected chi connectivity index (χ0v) is 14.6. The molecule has 0 bridgehead atoms. The van der Waals surface area contributed by atoms with Crippen molar-refractivity contribution in [2.24, 2.45) is 5.73 Å². The van der Waals surface area contributed by atoms with Gasteiger partial charge in [-0.2, -0.15) is 0 Å². The van der Waals surface area contributed by atoms with Gasteiger partial charge in [0.1, 0.15) is 0 Å². The molecule has 3 rings (SSSR count). The molecule has 0 atom stereocenters. The molecule has 0 heterocycles. The summed E-state index contributed by atoms with van der Waals surface area (Å²) in [4.78, 5) is 11.9. The highest BCUT2D eigenvalue weighted by atomic mass is 16.1. The lowest BCUT2D eigenvalue weighted by molar-refractivity contribution is 0.0955. The summed E-state index contributed by atoms with van der Waals surface area (Å²) < 4.78 is 0. The highest BCUT2D eigenvalue weighted by Gasteiger charge is 2.04. The maximum absolute atomic E-state index is 11.9. The van der Waals surface area contributed by atoms with Gasteiger partial charge in [-0.1, -0.05) is 54.6 Å². The van der Waals surface area contributed by atoms with Gasteiger partial charge in [0.15, 0.2) is 0 Å². The largest absolute Gasteiger partial charge is 0.381 e. The van der Waals surface area contributed by atoms with Gasteiger partial charge in [-0.3, -0.25) is 4.79 Å². The lowest BCUT2D eigenvalue weighted by Crippen LogP contribution is -2.28. The summed E-state index contributed by atoms with van der Waals surface area (Å²) >= 11 is 0. The number of benzene rings is 3. The average molecular weight is 345 g/mol. The van der Waals surface area contributed by atoms with E-state index in [-0.39, 0.29) is 5.91 Å². The molecule has 0 saturated heterocycles. The van der Waals surface area contributed by atoms with Crippen LogP contribution in [0.15, 0.2) is 78.9 Å². The number of carbonyl (C=O) groups is 1. The van der Waals surface area contributed by atoms with Gasteiger partial charge >= 0.3 is 0 Å². The van der Waals surface area contributed by atoms with E-state index in [4.69, 9.17) is 5.73 Å². The van der Waals surface area contributed by atoms with E-state index in [0.717, 1.165) is 12.2 Å². The zero-order chi connectivity index (χ0) is 18.2. The Balaban J connectivity index is 1.56. The summed E-state index contributed by atoms with van der Waals surface area (Å²) in [6.45, 7) is 1.65. The van der Waals surface area contributed by atoms with Crippen LogP contribution in [0.3, 0.4) is 0 Å². The Morgan fingerprint density at radius 2 is 1.46 bits per heavy atom. The molecule has 26 heavy (non-hydrogen) atoms. The molecule has 0 spiro atoms. The molecular formula is C22H23N3O. The van der Waals surface area contributed by atoms with Crippen molar-refractivity contribution in [1.29, 1.82) is 0 Å². The smallest absolute Gasteiger partial charge is 0.251 e. The summed E-state index contributed by atoms with van der Waals surface area (Å²) in [5.74, 6) is -0.0986. The van der Waals surface area contributed by atoms with E-state index in [1.54, 1.807) is 0 Å². The molecule has 0 aliphatic heterocycles. The monoisotopic (exact) mass is 345 g/mol. The molecule has 4 nitrogen and oxygen atoms in total. The first-order valence-electron chi connectivity index (χ1n) is 8.73. The Kier molecular flexibility index (Phi) is 6.01. The van der Waals surface area contributed by atoms with Gasteiger partial charge in [-0.15, -0.1) is 0 Å². The number of rotatable bonds is 7. The van der Waals surface area contributed by atoms with E-state index in [2.05, 4.69) is 47.0 Å². The third kappa shape index (κ3) is 4.71. The second-order valence-electron chi connectivity index (χ2n) is 6.04. The van der Waals surface area contributed by atoms with Gasteiger partial charge in [0.05, 0.1) is 0 Å². The lowest BCUT2D eigenvalue weighted by Gasteiger charge is -2.09. The molecule has 0 fully saturated rings. The molecule has 0 aliphatic rings. The molecule has 0 radical (unpaired) electrons. The minimum Gasteiger partial charge on any atom is -0.381 e. The summed E-state index contributed by atoms with van der Waals surface area (Å²) in [7, 11) is 0. The van der Waals surface area contributed by atoms with Crippen molar-refractivity contribution in [3.05, 3.63) is 90.0 Å². The van der Waals surface area contributed by atoms with Gasteiger partial charge in [-0.25, -0.2) is 0 Å². The third-order valence-corrected chi connectivity index (χ3v) is 4.13. The third-order valence-electron chi connectivity index (χ3n) is 4.13. The first kappa shape index (κ1) is 17.7. The molecule has 3 aromatic rings. The summed E-state index contributed by atoms with van der Waals surface area (Å²) in [6.07, 6.45) is 0. The molecular weight excluding hydrogens is 322 g/mol. The quantitative estimate of drug-likeness (QED) is 0.612. The van der Waals surface area contributed by atoms with E-state index < -0.39 is 0 Å². The molecule has 3 aromatic carbocycles. The van der Waals surface area contributed by atoms with Gasteiger partial charge in [0.25, 0.3) is 5.91 Å². The van der Waals surface area contributed by atoms with Crippen molar-refractivity contribution in [2.45, 2.75) is 6.54 Å². The molecule has 4 N–H and O–H groups in total. The predicted octanol–water partition coefficient (Wildman–Crippen LogP) is 3.65. The normalized spacial score (nSPS) is 10.3. The second kappa shape index (κ2) is 8.83. The zero-order valence-electron chi connectivity index (χ0n) is 14.6. The summed E-state index contributed by atoms with van der Waals surface area (Å²) in [6, 6.07) is 26.3. The number of nitrogens with two attached hydrogens (primary N) is 1. The maximum atomic E-state index is 11.9. The molecule has 0 aliphatic carbocycles. The summed E-state index contributed by atoms with van der Waals surface area (Å²) in [5, 5.41) is 6.14. The van der Waals surface area contributed by atoms with Crippen molar-refractivity contribution in [3.8, 4) is 11.1 Å². The molecule has 1 amide bonds. The van der Waals surface area contributed by atoms with E-state index in [1.165, 1.54) is 16.7 Å². The molecule has 4 heteroatoms. The Labute approximate surface area is 154 Å². The van der Waals surface area contributed by atoms with Crippen molar-refractivity contribution < 1.29 is 4.79 Å². The van der Waals surface area contributed by atoms with Crippen molar-refractivity contribution in [3.63, 3.8) is 0 Å². The van der Waals surface area contributed by atoms with Crippen molar-refractivity contribution in [1.82, 2.24) is 5.32 Å². The van der Waals surface area contributed by atoms with E-state index in [9.17, 15) is 4.79 Å². The Morgan fingerprint density at radius 1 is 0.808 bits per heavy atom. The lowest BCUT2D eigenvalue weighted by atomic mass is 10.0. The van der Waals surface area contributed by atoms with Crippen LogP contribution in [-0.2, 0) is 6.54 Å². The average Bonchev–Trinajstić information content (AvgIpc) is 2.72. The molecule has 0 aromatic heterocycles. The first-order chi connectivity index (χ1) is 12.8. The van der Waals surface area contributed by atoms with E-state index in [1.807, 2.05) is 42.5 Å². The minimum atomic E-state index is -0.0986. The predicted molar refractivity (Wildman–Crippen MR) is 107 cm³/mol. The number of hydrogen-bond donors (Lipinski definition) is 3. The highest BCUT2D eigenvalue weighted by Crippen LogP contribution is 2.19. The van der Waals surface area contributed by atoms with Crippen LogP contribution in [0.5, 0.6) is 0 Å². The Morgan fingerprint density at radius 3 is 2.12 bits per heavy atom. The second-order valence-corrected chi connectivity index (χ2v) is 6.04. The fourth-order valence-corrected chi connectivity index (χ4v) is 2.68. The number of carbonyl (C=O) groups excluding carboxylic acids is 1. The van der Waals surface area contributed by atoms with Gasteiger partial charge in [-0.05, 0) is 41.0 Å². The van der Waals surface area contributed by atoms with Crippen LogP contribution in [0, 0.1) is 0 Å². The highest BCUT2D eigenvalue weighted by molar-refractivity contribution is 5.94. The Bertz CT molecular complexity index is 828. The summed E-state index contributed by atoms with van der Waals surface area (Å²) in [5.41, 5.74) is 10.6. The number of anilines is 1. The van der Waals surface area contributed by atoms with Crippen LogP contribution in [-0.4, -0.2) is 19.0 Å². The number of nitrogens with one attached hydrogen (secondary N) is 2. The molecule has 0 unspecified atom stereocenters. The fourth-order valence-electron chi connectivity index (χ4n) is 2.68. The molecule has 132 valence electrons. The fraction of sp³-hybridized carbons (Fsp3) is 0.136. The van der Waals surface area contributed by atoms with Crippen LogP contribution >= 0.6 is 0 Å². The number of hydrogen-bond acceptors (Lipinski definition) is 3. The maximum Gasteiger partial charge on any atom is 0.251 e. The van der Waals surface area contributed by atoms with Crippen molar-refractivity contribution >= 4 is 11.6 Å². The van der Waals surface area contributed by atoms with E-state index >= 15 is 0 Å². The van der Waals surface area contributed by atoms with Crippen LogP contribution in [0.1, 0.15) is 15.9 Å². The topological polar surface area (TPSA) is 67.1 Å². The van der Waals surface area contributed by atoms with Crippen LogP contribution in [0.2, 0.25) is 0 Å². The van der Waals surface area contributed by atoms with Crippen molar-refractivity contribution in [2.75, 3.05) is 18.4 Å². The molecule has 0 saturated carbocycles. The number of amides is 1. The van der Waals surface area contributed by atoms with Gasteiger partial charge in [0, 0.05) is 30.9 Å². The SMILES string of the molecule is NCCNC(=O)c1ccc(NCc2ccc(-c3ccccc3)cc2)cc1. The van der Waals surface area contributed by atoms with Gasteiger partial charge < -0.3 is 16.4 Å². The van der Waals surface area contributed by atoms with Crippen LogP contribution in [0.4, 0.5) is 5.69 Å². The first-order valence-corrected chi connectivity index (χ1v) is 8.73. The minimum absolute atomic E-state index is 0.0986. The van der Waals surface area contributed by atoms with Crippen LogP contribution in [0.25, 0.3) is 11.1 Å². The van der Waals surface area contributed by atoms with E-state index in [0.29, 0.717) is 18.7 Å². The van der Waals surface area contributed by atoms with Crippen LogP contribution < -0.4 is 16.4 Å². The van der Waals surface area contributed by atoms with Gasteiger partial charge in [0.2, 0.25) is 0 Å².